The number of rotatable bonds is 4. The third-order valence-corrected chi connectivity index (χ3v) is 1.85. The Bertz CT molecular complexity index is 297. The van der Waals surface area contributed by atoms with Gasteiger partial charge >= 0.3 is 0 Å². The summed E-state index contributed by atoms with van der Waals surface area (Å²) < 4.78 is 0. The number of hydrogen-bond acceptors (Lipinski definition) is 2. The molecule has 0 radical (unpaired) electrons. The molecule has 1 amide bonds. The quantitative estimate of drug-likeness (QED) is 0.719. The minimum Gasteiger partial charge on any atom is -0.366 e. The zero-order valence-corrected chi connectivity index (χ0v) is 7.71. The van der Waals surface area contributed by atoms with Gasteiger partial charge in [0.25, 0.3) is 0 Å². The second-order valence-corrected chi connectivity index (χ2v) is 2.80. The summed E-state index contributed by atoms with van der Waals surface area (Å²) in [4.78, 5) is 11.0. The van der Waals surface area contributed by atoms with Crippen LogP contribution in [0.5, 0.6) is 0 Å². The predicted molar refractivity (Wildman–Crippen MR) is 52.3 cm³/mol. The maximum Gasteiger partial charge on any atom is 0.249 e. The minimum absolute atomic E-state index is 0.367. The molecule has 3 heteroatoms. The zero-order valence-electron chi connectivity index (χ0n) is 7.71. The lowest BCUT2D eigenvalue weighted by Crippen LogP contribution is -2.18. The van der Waals surface area contributed by atoms with Gasteiger partial charge in [-0.05, 0) is 18.2 Å². The van der Waals surface area contributed by atoms with Crippen LogP contribution in [0.15, 0.2) is 24.3 Å². The van der Waals surface area contributed by atoms with E-state index in [0.717, 1.165) is 12.1 Å². The second-order valence-electron chi connectivity index (χ2n) is 2.80. The van der Waals surface area contributed by atoms with Gasteiger partial charge in [-0.2, -0.15) is 0 Å². The first-order valence-electron chi connectivity index (χ1n) is 4.34. The van der Waals surface area contributed by atoms with Gasteiger partial charge in [0.15, 0.2) is 0 Å². The van der Waals surface area contributed by atoms with Gasteiger partial charge in [0.2, 0.25) is 5.91 Å². The summed E-state index contributed by atoms with van der Waals surface area (Å²) in [5.41, 5.74) is 6.78. The molecule has 0 spiro atoms. The topological polar surface area (TPSA) is 55.1 Å². The number of carbonyl (C=O) groups is 1. The molecule has 70 valence electrons. The van der Waals surface area contributed by atoms with E-state index in [0.29, 0.717) is 12.1 Å². The Kier molecular flexibility index (Phi) is 3.46. The molecule has 0 atom stereocenters. The standard InChI is InChI=1S/C10H14N2O/c1-2-12-7-8-5-3-4-6-9(8)10(11)13/h3-6,12H,2,7H2,1H3,(H2,11,13). The summed E-state index contributed by atoms with van der Waals surface area (Å²) >= 11 is 0. The molecule has 0 saturated carbocycles. The van der Waals surface area contributed by atoms with Crippen LogP contribution in [0.3, 0.4) is 0 Å². The Labute approximate surface area is 77.9 Å². The predicted octanol–water partition coefficient (Wildman–Crippen LogP) is 0.895. The molecule has 1 aromatic carbocycles. The van der Waals surface area contributed by atoms with E-state index in [2.05, 4.69) is 5.32 Å². The highest BCUT2D eigenvalue weighted by atomic mass is 16.1. The highest BCUT2D eigenvalue weighted by Gasteiger charge is 2.05. The van der Waals surface area contributed by atoms with E-state index >= 15 is 0 Å². The largest absolute Gasteiger partial charge is 0.366 e. The fourth-order valence-electron chi connectivity index (χ4n) is 1.17. The van der Waals surface area contributed by atoms with Crippen LogP contribution < -0.4 is 11.1 Å². The summed E-state index contributed by atoms with van der Waals surface area (Å²) in [6, 6.07) is 7.37. The van der Waals surface area contributed by atoms with Crippen molar-refractivity contribution in [3.05, 3.63) is 35.4 Å². The molecule has 0 bridgehead atoms. The maximum atomic E-state index is 11.0. The van der Waals surface area contributed by atoms with Crippen LogP contribution in [0.1, 0.15) is 22.8 Å². The third kappa shape index (κ3) is 2.56. The first-order valence-corrected chi connectivity index (χ1v) is 4.34. The van der Waals surface area contributed by atoms with Crippen molar-refractivity contribution < 1.29 is 4.79 Å². The van der Waals surface area contributed by atoms with E-state index in [1.165, 1.54) is 0 Å². The molecular weight excluding hydrogens is 164 g/mol. The molecule has 3 nitrogen and oxygen atoms in total. The molecule has 3 N–H and O–H groups in total. The number of carbonyl (C=O) groups excluding carboxylic acids is 1. The Hall–Kier alpha value is -1.35. The van der Waals surface area contributed by atoms with Gasteiger partial charge < -0.3 is 11.1 Å². The van der Waals surface area contributed by atoms with Crippen LogP contribution in [0, 0.1) is 0 Å². The van der Waals surface area contributed by atoms with Crippen LogP contribution in [0.4, 0.5) is 0 Å². The minimum atomic E-state index is -0.367. The molecule has 0 aromatic heterocycles. The van der Waals surface area contributed by atoms with Crippen molar-refractivity contribution in [2.75, 3.05) is 6.54 Å². The van der Waals surface area contributed by atoms with Crippen LogP contribution in [-0.4, -0.2) is 12.5 Å². The van der Waals surface area contributed by atoms with Crippen molar-refractivity contribution in [3.63, 3.8) is 0 Å². The van der Waals surface area contributed by atoms with Crippen molar-refractivity contribution in [2.45, 2.75) is 13.5 Å². The fourth-order valence-corrected chi connectivity index (χ4v) is 1.17. The van der Waals surface area contributed by atoms with E-state index in [1.54, 1.807) is 6.07 Å². The molecule has 0 saturated heterocycles. The van der Waals surface area contributed by atoms with Crippen LogP contribution in [-0.2, 0) is 6.54 Å². The lowest BCUT2D eigenvalue weighted by atomic mass is 10.1. The molecule has 0 fully saturated rings. The monoisotopic (exact) mass is 178 g/mol. The summed E-state index contributed by atoms with van der Waals surface area (Å²) in [5, 5.41) is 3.15. The molecule has 0 unspecified atom stereocenters. The van der Waals surface area contributed by atoms with Gasteiger partial charge in [-0.1, -0.05) is 25.1 Å². The number of benzene rings is 1. The van der Waals surface area contributed by atoms with Crippen LogP contribution >= 0.6 is 0 Å². The van der Waals surface area contributed by atoms with Crippen molar-refractivity contribution in [2.24, 2.45) is 5.73 Å². The summed E-state index contributed by atoms with van der Waals surface area (Å²) in [6.45, 7) is 3.59. The zero-order chi connectivity index (χ0) is 9.68. The smallest absolute Gasteiger partial charge is 0.249 e. The molecule has 0 aliphatic rings. The van der Waals surface area contributed by atoms with Crippen molar-refractivity contribution in [1.29, 1.82) is 0 Å². The van der Waals surface area contributed by atoms with Gasteiger partial charge in [0.05, 0.1) is 0 Å². The molecule has 1 aromatic rings. The Morgan fingerprint density at radius 2 is 2.15 bits per heavy atom. The van der Waals surface area contributed by atoms with Gasteiger partial charge in [-0.25, -0.2) is 0 Å². The Morgan fingerprint density at radius 1 is 1.46 bits per heavy atom. The Morgan fingerprint density at radius 3 is 2.77 bits per heavy atom. The van der Waals surface area contributed by atoms with E-state index in [1.807, 2.05) is 25.1 Å². The SMILES string of the molecule is CCNCc1ccccc1C(N)=O. The summed E-state index contributed by atoms with van der Waals surface area (Å²) in [7, 11) is 0. The molecule has 0 aliphatic carbocycles. The normalized spacial score (nSPS) is 9.92. The number of primary amides is 1. The number of amides is 1. The van der Waals surface area contributed by atoms with Gasteiger partial charge in [0.1, 0.15) is 0 Å². The number of hydrogen-bond donors (Lipinski definition) is 2. The van der Waals surface area contributed by atoms with E-state index < -0.39 is 0 Å². The fraction of sp³-hybridized carbons (Fsp3) is 0.300. The summed E-state index contributed by atoms with van der Waals surface area (Å²) in [6.07, 6.45) is 0. The first-order chi connectivity index (χ1) is 6.25. The maximum absolute atomic E-state index is 11.0. The van der Waals surface area contributed by atoms with Gasteiger partial charge in [-0.15, -0.1) is 0 Å². The van der Waals surface area contributed by atoms with Gasteiger partial charge in [-0.3, -0.25) is 4.79 Å². The van der Waals surface area contributed by atoms with E-state index in [-0.39, 0.29) is 5.91 Å². The van der Waals surface area contributed by atoms with E-state index in [9.17, 15) is 4.79 Å². The Balaban J connectivity index is 2.84. The third-order valence-electron chi connectivity index (χ3n) is 1.85. The second kappa shape index (κ2) is 4.62. The summed E-state index contributed by atoms with van der Waals surface area (Å²) in [5.74, 6) is -0.367. The van der Waals surface area contributed by atoms with Crippen molar-refractivity contribution in [3.8, 4) is 0 Å². The molecule has 13 heavy (non-hydrogen) atoms. The number of nitrogens with two attached hydrogens (primary N) is 1. The van der Waals surface area contributed by atoms with Crippen molar-refractivity contribution in [1.82, 2.24) is 5.32 Å². The number of nitrogens with one attached hydrogen (secondary N) is 1. The lowest BCUT2D eigenvalue weighted by Gasteiger charge is -2.05. The van der Waals surface area contributed by atoms with Gasteiger partial charge in [0, 0.05) is 12.1 Å². The lowest BCUT2D eigenvalue weighted by molar-refractivity contribution is 0.0999. The molecule has 0 aliphatic heterocycles. The average molecular weight is 178 g/mol. The van der Waals surface area contributed by atoms with Crippen molar-refractivity contribution >= 4 is 5.91 Å². The van der Waals surface area contributed by atoms with E-state index in [4.69, 9.17) is 5.73 Å². The molecular formula is C10H14N2O. The first kappa shape index (κ1) is 9.74. The highest BCUT2D eigenvalue weighted by molar-refractivity contribution is 5.94. The average Bonchev–Trinajstić information content (AvgIpc) is 2.15. The highest BCUT2D eigenvalue weighted by Crippen LogP contribution is 2.06. The van der Waals surface area contributed by atoms with Crippen LogP contribution in [0.2, 0.25) is 0 Å². The van der Waals surface area contributed by atoms with Crippen LogP contribution in [0.25, 0.3) is 0 Å². The molecule has 1 rings (SSSR count). The molecule has 0 heterocycles.